The lowest BCUT2D eigenvalue weighted by Gasteiger charge is -2.19. The van der Waals surface area contributed by atoms with E-state index in [1.54, 1.807) is 38.1 Å². The SMILES string of the molecule is CCOc1ccc(CN(C)S(=O)(=O)c2cc([N+](=O)[O-])cc(C)c2C)cc1. The zero-order valence-corrected chi connectivity index (χ0v) is 16.0. The smallest absolute Gasteiger partial charge is 0.271 e. The Morgan fingerprint density at radius 2 is 1.77 bits per heavy atom. The number of sulfonamides is 1. The standard InChI is InChI=1S/C18H22N2O5S/c1-5-25-17-8-6-15(7-9-17)12-19(4)26(23,24)18-11-16(20(21)22)10-13(2)14(18)3/h6-11H,5,12H2,1-4H3. The van der Waals surface area contributed by atoms with E-state index < -0.39 is 14.9 Å². The predicted octanol–water partition coefficient (Wildman–Crippen LogP) is 3.43. The van der Waals surface area contributed by atoms with E-state index >= 15 is 0 Å². The van der Waals surface area contributed by atoms with E-state index in [2.05, 4.69) is 0 Å². The van der Waals surface area contributed by atoms with Gasteiger partial charge >= 0.3 is 0 Å². The highest BCUT2D eigenvalue weighted by molar-refractivity contribution is 7.89. The Bertz CT molecular complexity index is 908. The average molecular weight is 378 g/mol. The quantitative estimate of drug-likeness (QED) is 0.544. The molecule has 0 N–H and O–H groups in total. The first-order valence-electron chi connectivity index (χ1n) is 8.10. The minimum absolute atomic E-state index is 0.0439. The summed E-state index contributed by atoms with van der Waals surface area (Å²) < 4.78 is 32.4. The van der Waals surface area contributed by atoms with Crippen molar-refractivity contribution in [2.45, 2.75) is 32.2 Å². The summed E-state index contributed by atoms with van der Waals surface area (Å²) in [4.78, 5) is 10.4. The van der Waals surface area contributed by atoms with Crippen LogP contribution in [-0.4, -0.2) is 31.3 Å². The fourth-order valence-electron chi connectivity index (χ4n) is 2.55. The third-order valence-electron chi connectivity index (χ3n) is 4.14. The second-order valence-electron chi connectivity index (χ2n) is 5.98. The van der Waals surface area contributed by atoms with Crippen molar-refractivity contribution in [2.24, 2.45) is 0 Å². The van der Waals surface area contributed by atoms with Crippen molar-refractivity contribution in [1.29, 1.82) is 0 Å². The normalized spacial score (nSPS) is 11.6. The lowest BCUT2D eigenvalue weighted by Crippen LogP contribution is -2.27. The summed E-state index contributed by atoms with van der Waals surface area (Å²) in [5.41, 5.74) is 1.63. The third kappa shape index (κ3) is 4.20. The summed E-state index contributed by atoms with van der Waals surface area (Å²) in [6.45, 7) is 5.90. The average Bonchev–Trinajstić information content (AvgIpc) is 2.58. The van der Waals surface area contributed by atoms with Gasteiger partial charge in [0, 0.05) is 25.7 Å². The zero-order valence-electron chi connectivity index (χ0n) is 15.2. The first-order valence-corrected chi connectivity index (χ1v) is 9.54. The van der Waals surface area contributed by atoms with Crippen LogP contribution in [0.1, 0.15) is 23.6 Å². The molecule has 0 unspecified atom stereocenters. The maximum absolute atomic E-state index is 12.9. The van der Waals surface area contributed by atoms with Gasteiger partial charge in [-0.1, -0.05) is 12.1 Å². The van der Waals surface area contributed by atoms with E-state index in [9.17, 15) is 18.5 Å². The van der Waals surface area contributed by atoms with Crippen LogP contribution in [0.5, 0.6) is 5.75 Å². The molecule has 0 atom stereocenters. The number of hydrogen-bond donors (Lipinski definition) is 0. The molecule has 0 bridgehead atoms. The van der Waals surface area contributed by atoms with Gasteiger partial charge in [-0.15, -0.1) is 0 Å². The van der Waals surface area contributed by atoms with Gasteiger partial charge in [0.1, 0.15) is 5.75 Å². The molecule has 2 aromatic rings. The highest BCUT2D eigenvalue weighted by Gasteiger charge is 2.26. The lowest BCUT2D eigenvalue weighted by atomic mass is 10.1. The van der Waals surface area contributed by atoms with Crippen LogP contribution in [0.2, 0.25) is 0 Å². The molecule has 140 valence electrons. The number of rotatable bonds is 7. The summed E-state index contributed by atoms with van der Waals surface area (Å²) in [7, 11) is -2.41. The molecule has 26 heavy (non-hydrogen) atoms. The molecule has 0 heterocycles. The van der Waals surface area contributed by atoms with E-state index in [4.69, 9.17) is 4.74 Å². The Hall–Kier alpha value is -2.45. The van der Waals surface area contributed by atoms with Crippen LogP contribution in [0.3, 0.4) is 0 Å². The Labute approximate surface area is 153 Å². The molecular formula is C18H22N2O5S. The van der Waals surface area contributed by atoms with Crippen LogP contribution in [0.4, 0.5) is 5.69 Å². The van der Waals surface area contributed by atoms with Gasteiger partial charge in [0.05, 0.1) is 16.4 Å². The molecule has 0 saturated heterocycles. The molecule has 0 amide bonds. The third-order valence-corrected chi connectivity index (χ3v) is 6.07. The molecule has 0 aromatic heterocycles. The molecule has 0 aliphatic carbocycles. The van der Waals surface area contributed by atoms with E-state index in [0.717, 1.165) is 11.6 Å². The summed E-state index contributed by atoms with van der Waals surface area (Å²) in [6.07, 6.45) is 0. The van der Waals surface area contributed by atoms with Crippen molar-refractivity contribution < 1.29 is 18.1 Å². The second-order valence-corrected chi connectivity index (χ2v) is 7.99. The molecule has 0 saturated carbocycles. The molecular weight excluding hydrogens is 356 g/mol. The monoisotopic (exact) mass is 378 g/mol. The zero-order chi connectivity index (χ0) is 19.5. The molecule has 0 fully saturated rings. The van der Waals surface area contributed by atoms with Crippen LogP contribution in [-0.2, 0) is 16.6 Å². The number of ether oxygens (including phenoxy) is 1. The van der Waals surface area contributed by atoms with Gasteiger partial charge in [-0.3, -0.25) is 10.1 Å². The highest BCUT2D eigenvalue weighted by atomic mass is 32.2. The lowest BCUT2D eigenvalue weighted by molar-refractivity contribution is -0.385. The topological polar surface area (TPSA) is 89.8 Å². The van der Waals surface area contributed by atoms with Crippen LogP contribution >= 0.6 is 0 Å². The van der Waals surface area contributed by atoms with Crippen molar-refractivity contribution in [3.8, 4) is 5.75 Å². The van der Waals surface area contributed by atoms with E-state index in [-0.39, 0.29) is 17.1 Å². The number of hydrogen-bond acceptors (Lipinski definition) is 5. The van der Waals surface area contributed by atoms with E-state index in [1.165, 1.54) is 17.4 Å². The van der Waals surface area contributed by atoms with Crippen LogP contribution < -0.4 is 4.74 Å². The highest BCUT2D eigenvalue weighted by Crippen LogP contribution is 2.28. The summed E-state index contributed by atoms with van der Waals surface area (Å²) in [5.74, 6) is 0.715. The summed E-state index contributed by atoms with van der Waals surface area (Å²) in [5, 5.41) is 11.1. The Kier molecular flexibility index (Phi) is 5.99. The van der Waals surface area contributed by atoms with E-state index in [1.807, 2.05) is 6.92 Å². The number of nitro benzene ring substituents is 1. The second kappa shape index (κ2) is 7.84. The fourth-order valence-corrected chi connectivity index (χ4v) is 4.02. The van der Waals surface area contributed by atoms with Crippen LogP contribution in [0.15, 0.2) is 41.3 Å². The minimum Gasteiger partial charge on any atom is -0.494 e. The van der Waals surface area contributed by atoms with Gasteiger partial charge < -0.3 is 4.74 Å². The number of nitro groups is 1. The summed E-state index contributed by atoms with van der Waals surface area (Å²) in [6, 6.07) is 9.64. The van der Waals surface area contributed by atoms with Gasteiger partial charge in [0.25, 0.3) is 5.69 Å². The number of aryl methyl sites for hydroxylation is 1. The molecule has 2 rings (SSSR count). The molecule has 0 aliphatic heterocycles. The minimum atomic E-state index is -3.87. The van der Waals surface area contributed by atoms with Crippen molar-refractivity contribution in [2.75, 3.05) is 13.7 Å². The predicted molar refractivity (Wildman–Crippen MR) is 98.8 cm³/mol. The number of nitrogens with zero attached hydrogens (tertiary/aromatic N) is 2. The van der Waals surface area contributed by atoms with Gasteiger partial charge in [0.2, 0.25) is 10.0 Å². The van der Waals surface area contributed by atoms with Gasteiger partial charge in [-0.2, -0.15) is 4.31 Å². The Morgan fingerprint density at radius 1 is 1.15 bits per heavy atom. The number of benzene rings is 2. The first kappa shape index (κ1) is 19.9. The molecule has 0 spiro atoms. The van der Waals surface area contributed by atoms with Gasteiger partial charge in [-0.25, -0.2) is 8.42 Å². The largest absolute Gasteiger partial charge is 0.494 e. The van der Waals surface area contributed by atoms with Gasteiger partial charge in [-0.05, 0) is 49.6 Å². The van der Waals surface area contributed by atoms with Gasteiger partial charge in [0.15, 0.2) is 0 Å². The Balaban J connectivity index is 2.33. The van der Waals surface area contributed by atoms with Crippen molar-refractivity contribution in [3.05, 3.63) is 63.2 Å². The van der Waals surface area contributed by atoms with Crippen LogP contribution in [0, 0.1) is 24.0 Å². The summed E-state index contributed by atoms with van der Waals surface area (Å²) >= 11 is 0. The molecule has 0 aliphatic rings. The maximum Gasteiger partial charge on any atom is 0.271 e. The Morgan fingerprint density at radius 3 is 2.31 bits per heavy atom. The van der Waals surface area contributed by atoms with Crippen molar-refractivity contribution in [1.82, 2.24) is 4.31 Å². The molecule has 7 nitrogen and oxygen atoms in total. The van der Waals surface area contributed by atoms with Crippen molar-refractivity contribution in [3.63, 3.8) is 0 Å². The van der Waals surface area contributed by atoms with E-state index in [0.29, 0.717) is 23.5 Å². The van der Waals surface area contributed by atoms with Crippen molar-refractivity contribution >= 4 is 15.7 Å². The first-order chi connectivity index (χ1) is 12.2. The van der Waals surface area contributed by atoms with Crippen LogP contribution in [0.25, 0.3) is 0 Å². The molecule has 0 radical (unpaired) electrons. The molecule has 8 heteroatoms. The molecule has 2 aromatic carbocycles. The fraction of sp³-hybridized carbons (Fsp3) is 0.333. The number of non-ortho nitro benzene ring substituents is 1. The maximum atomic E-state index is 12.9.